The normalized spacial score (nSPS) is 13.1. The molecule has 0 bridgehead atoms. The van der Waals surface area contributed by atoms with Crippen LogP contribution < -0.4 is 0 Å². The first-order valence-electron chi connectivity index (χ1n) is 11.5. The molecule has 4 rings (SSSR count). The van der Waals surface area contributed by atoms with Crippen molar-refractivity contribution in [1.29, 1.82) is 0 Å². The first-order chi connectivity index (χ1) is 17.0. The third kappa shape index (κ3) is 8.93. The zero-order chi connectivity index (χ0) is 26.9. The smallest absolute Gasteiger partial charge is 0.337 e. The SMILES string of the molecule is CC.CC(O)(F)F.Cc1ccc(-c2ccc(C3=CCC(F)=C(c4cc(F)cc(F)c4)C=C3)cc2)cc1. The molecule has 3 aromatic rings. The van der Waals surface area contributed by atoms with E-state index in [0.29, 0.717) is 6.92 Å². The van der Waals surface area contributed by atoms with E-state index in [2.05, 4.69) is 31.2 Å². The van der Waals surface area contributed by atoms with Gasteiger partial charge in [0, 0.05) is 25.0 Å². The monoisotopic (exact) mass is 500 g/mol. The maximum atomic E-state index is 14.6. The largest absolute Gasteiger partial charge is 0.350 e. The number of hydrogen-bond acceptors (Lipinski definition) is 1. The minimum Gasteiger partial charge on any atom is -0.337 e. The van der Waals surface area contributed by atoms with Crippen LogP contribution in [0.1, 0.15) is 43.9 Å². The number of aliphatic hydroxyl groups is 1. The minimum atomic E-state index is -3.50. The maximum Gasteiger partial charge on any atom is 0.350 e. The Kier molecular flexibility index (Phi) is 10.4. The van der Waals surface area contributed by atoms with E-state index in [4.69, 9.17) is 5.11 Å². The Bertz CT molecular complexity index is 1210. The fourth-order valence-corrected chi connectivity index (χ4v) is 3.42. The minimum absolute atomic E-state index is 0.0650. The molecule has 36 heavy (non-hydrogen) atoms. The summed E-state index contributed by atoms with van der Waals surface area (Å²) in [6, 6.07) is 19.4. The van der Waals surface area contributed by atoms with Crippen molar-refractivity contribution >= 4 is 11.1 Å². The molecule has 0 saturated heterocycles. The number of alkyl halides is 2. The summed E-state index contributed by atoms with van der Waals surface area (Å²) >= 11 is 0. The van der Waals surface area contributed by atoms with E-state index in [1.807, 2.05) is 38.1 Å². The summed E-state index contributed by atoms with van der Waals surface area (Å²) in [4.78, 5) is 0. The van der Waals surface area contributed by atoms with Gasteiger partial charge in [-0.2, -0.15) is 8.78 Å². The van der Waals surface area contributed by atoms with Crippen LogP contribution in [0.4, 0.5) is 22.0 Å². The van der Waals surface area contributed by atoms with Gasteiger partial charge in [-0.15, -0.1) is 0 Å². The molecule has 0 saturated carbocycles. The molecule has 1 nitrogen and oxygen atoms in total. The van der Waals surface area contributed by atoms with E-state index in [1.165, 1.54) is 5.56 Å². The average molecular weight is 501 g/mol. The van der Waals surface area contributed by atoms with Crippen molar-refractivity contribution in [2.75, 3.05) is 0 Å². The highest BCUT2D eigenvalue weighted by molar-refractivity contribution is 5.84. The van der Waals surface area contributed by atoms with Crippen LogP contribution in [0.2, 0.25) is 0 Å². The lowest BCUT2D eigenvalue weighted by Crippen LogP contribution is -2.04. The average Bonchev–Trinajstić information content (AvgIpc) is 3.01. The van der Waals surface area contributed by atoms with Crippen molar-refractivity contribution in [3.63, 3.8) is 0 Å². The summed E-state index contributed by atoms with van der Waals surface area (Å²) in [6.07, 6.45) is 1.72. The standard InChI is InChI=1S/C26H19F3.C2H4F2O.C2H6/c1-17-2-4-18(5-3-17)19-6-8-20(9-7-19)21-10-12-25(26(29)13-11-21)22-14-23(27)16-24(28)15-22;1-2(3,4)5;1-2/h2-12,14-16H,13H2,1H3;5H,1H3;1-2H3. The summed E-state index contributed by atoms with van der Waals surface area (Å²) < 4.78 is 62.8. The van der Waals surface area contributed by atoms with Crippen LogP contribution in [0.25, 0.3) is 22.3 Å². The Labute approximate surface area is 208 Å². The van der Waals surface area contributed by atoms with Crippen molar-refractivity contribution in [3.8, 4) is 11.1 Å². The molecule has 1 N–H and O–H groups in total. The predicted molar refractivity (Wildman–Crippen MR) is 137 cm³/mol. The molecular weight excluding hydrogens is 471 g/mol. The van der Waals surface area contributed by atoms with E-state index in [9.17, 15) is 22.0 Å². The summed E-state index contributed by atoms with van der Waals surface area (Å²) in [6.45, 7) is 6.46. The molecular formula is C30H29F5O. The number of hydrogen-bond donors (Lipinski definition) is 1. The van der Waals surface area contributed by atoms with E-state index < -0.39 is 23.6 Å². The van der Waals surface area contributed by atoms with Crippen molar-refractivity contribution in [2.45, 2.75) is 40.2 Å². The number of halogens is 5. The van der Waals surface area contributed by atoms with Gasteiger partial charge in [0.05, 0.1) is 0 Å². The molecule has 0 aromatic heterocycles. The van der Waals surface area contributed by atoms with Gasteiger partial charge in [-0.05, 0) is 46.9 Å². The van der Waals surface area contributed by atoms with Crippen LogP contribution in [0, 0.1) is 18.6 Å². The quantitative estimate of drug-likeness (QED) is 0.355. The van der Waals surface area contributed by atoms with Crippen LogP contribution in [0.5, 0.6) is 0 Å². The first-order valence-corrected chi connectivity index (χ1v) is 11.5. The maximum absolute atomic E-state index is 14.6. The topological polar surface area (TPSA) is 20.2 Å². The zero-order valence-corrected chi connectivity index (χ0v) is 20.6. The van der Waals surface area contributed by atoms with E-state index in [1.54, 1.807) is 18.2 Å². The Morgan fingerprint density at radius 3 is 1.64 bits per heavy atom. The molecule has 0 fully saturated rings. The fourth-order valence-electron chi connectivity index (χ4n) is 3.42. The highest BCUT2D eigenvalue weighted by Crippen LogP contribution is 2.31. The molecule has 0 heterocycles. The Balaban J connectivity index is 0.000000583. The molecule has 0 amide bonds. The van der Waals surface area contributed by atoms with Gasteiger partial charge in [0.15, 0.2) is 0 Å². The second-order valence-corrected chi connectivity index (χ2v) is 7.96. The Hall–Kier alpha value is -3.51. The van der Waals surface area contributed by atoms with Gasteiger partial charge in [0.2, 0.25) is 0 Å². The summed E-state index contributed by atoms with van der Waals surface area (Å²) in [7, 11) is 0. The second kappa shape index (κ2) is 13.0. The van der Waals surface area contributed by atoms with Crippen molar-refractivity contribution < 1.29 is 27.1 Å². The first kappa shape index (κ1) is 28.7. The van der Waals surface area contributed by atoms with Gasteiger partial charge in [-0.25, -0.2) is 13.2 Å². The van der Waals surface area contributed by atoms with Gasteiger partial charge < -0.3 is 5.11 Å². The molecule has 1 aliphatic carbocycles. The lowest BCUT2D eigenvalue weighted by atomic mass is 9.99. The zero-order valence-electron chi connectivity index (χ0n) is 20.6. The summed E-state index contributed by atoms with van der Waals surface area (Å²) in [5.74, 6) is -1.87. The molecule has 0 unspecified atom stereocenters. The predicted octanol–water partition coefficient (Wildman–Crippen LogP) is 9.28. The summed E-state index contributed by atoms with van der Waals surface area (Å²) in [5.41, 5.74) is 5.66. The van der Waals surface area contributed by atoms with E-state index >= 15 is 0 Å². The Morgan fingerprint density at radius 2 is 1.14 bits per heavy atom. The molecule has 0 spiro atoms. The molecule has 190 valence electrons. The van der Waals surface area contributed by atoms with Crippen LogP contribution >= 0.6 is 0 Å². The van der Waals surface area contributed by atoms with E-state index in [-0.39, 0.29) is 17.6 Å². The van der Waals surface area contributed by atoms with Crippen LogP contribution in [0.15, 0.2) is 90.8 Å². The highest BCUT2D eigenvalue weighted by atomic mass is 19.3. The van der Waals surface area contributed by atoms with Gasteiger partial charge in [-0.1, -0.05) is 86.2 Å². The van der Waals surface area contributed by atoms with Crippen molar-refractivity contribution in [1.82, 2.24) is 0 Å². The highest BCUT2D eigenvalue weighted by Gasteiger charge is 2.13. The third-order valence-electron chi connectivity index (χ3n) is 5.00. The molecule has 0 aliphatic heterocycles. The Morgan fingerprint density at radius 1 is 0.694 bits per heavy atom. The van der Waals surface area contributed by atoms with Crippen LogP contribution in [-0.4, -0.2) is 11.2 Å². The number of benzene rings is 3. The third-order valence-corrected chi connectivity index (χ3v) is 5.00. The van der Waals surface area contributed by atoms with Gasteiger partial charge in [-0.3, -0.25) is 0 Å². The molecule has 6 heteroatoms. The van der Waals surface area contributed by atoms with Gasteiger partial charge in [0.25, 0.3) is 0 Å². The van der Waals surface area contributed by atoms with E-state index in [0.717, 1.165) is 40.5 Å². The number of aryl methyl sites for hydroxylation is 1. The summed E-state index contributed by atoms with van der Waals surface area (Å²) in [5, 5.41) is 7.19. The number of allylic oxidation sites excluding steroid dienone is 6. The second-order valence-electron chi connectivity index (χ2n) is 7.96. The lowest BCUT2D eigenvalue weighted by molar-refractivity contribution is -0.181. The van der Waals surface area contributed by atoms with Gasteiger partial charge >= 0.3 is 6.11 Å². The molecule has 1 aliphatic rings. The van der Waals surface area contributed by atoms with Crippen LogP contribution in [0.3, 0.4) is 0 Å². The molecule has 0 radical (unpaired) electrons. The number of rotatable bonds is 3. The fraction of sp³-hybridized carbons (Fsp3) is 0.200. The van der Waals surface area contributed by atoms with Crippen molar-refractivity contribution in [3.05, 3.63) is 119 Å². The molecule has 3 aromatic carbocycles. The molecule has 0 atom stereocenters. The van der Waals surface area contributed by atoms with Crippen LogP contribution in [-0.2, 0) is 0 Å². The van der Waals surface area contributed by atoms with Crippen molar-refractivity contribution in [2.24, 2.45) is 0 Å². The van der Waals surface area contributed by atoms with Gasteiger partial charge in [0.1, 0.15) is 17.5 Å². The lowest BCUT2D eigenvalue weighted by Gasteiger charge is -2.06.